The number of fused-ring (bicyclic) bond motifs is 1. The molecule has 0 saturated heterocycles. The van der Waals surface area contributed by atoms with Crippen molar-refractivity contribution in [1.82, 2.24) is 20.1 Å². The van der Waals surface area contributed by atoms with E-state index in [1.165, 1.54) is 12.8 Å². The zero-order valence-electron chi connectivity index (χ0n) is 17.7. The standard InChI is InChI=1S/C23H25ClN4O3/c1-3-31-23(30)16-8-4-7-15-17(18-13-26-28(2)21(18)24)12-19(27-20(15)16)22(29)25-11-5-6-14-9-10-14/h4,7-8,12-14H,3,5-6,9-11H2,1-2H3,(H,25,29). The molecule has 1 aliphatic rings. The fourth-order valence-corrected chi connectivity index (χ4v) is 3.85. The lowest BCUT2D eigenvalue weighted by molar-refractivity contribution is 0.0528. The zero-order chi connectivity index (χ0) is 22.0. The van der Waals surface area contributed by atoms with Crippen LogP contribution in [-0.4, -0.2) is 39.8 Å². The van der Waals surface area contributed by atoms with E-state index in [1.54, 1.807) is 43.0 Å². The van der Waals surface area contributed by atoms with Crippen LogP contribution in [0, 0.1) is 5.92 Å². The smallest absolute Gasteiger partial charge is 0.340 e. The Labute approximate surface area is 185 Å². The fraction of sp³-hybridized carbons (Fsp3) is 0.391. The molecule has 0 unspecified atom stereocenters. The molecule has 0 spiro atoms. The van der Waals surface area contributed by atoms with Gasteiger partial charge in [-0.2, -0.15) is 5.10 Å². The molecule has 2 aromatic heterocycles. The van der Waals surface area contributed by atoms with Crippen LogP contribution in [0.3, 0.4) is 0 Å². The van der Waals surface area contributed by atoms with Gasteiger partial charge in [0.15, 0.2) is 0 Å². The Bertz CT molecular complexity index is 1140. The summed E-state index contributed by atoms with van der Waals surface area (Å²) in [7, 11) is 1.74. The van der Waals surface area contributed by atoms with E-state index >= 15 is 0 Å². The Balaban J connectivity index is 1.76. The molecule has 3 aromatic rings. The summed E-state index contributed by atoms with van der Waals surface area (Å²) in [5.41, 5.74) is 2.30. The minimum atomic E-state index is -0.481. The maximum absolute atomic E-state index is 12.9. The average Bonchev–Trinajstić information content (AvgIpc) is 3.54. The number of aromatic nitrogens is 3. The molecule has 0 aliphatic heterocycles. The molecular weight excluding hydrogens is 416 g/mol. The van der Waals surface area contributed by atoms with Crippen molar-refractivity contribution in [3.63, 3.8) is 0 Å². The number of esters is 1. The van der Waals surface area contributed by atoms with Crippen LogP contribution in [0.2, 0.25) is 5.15 Å². The first-order valence-corrected chi connectivity index (χ1v) is 10.9. The van der Waals surface area contributed by atoms with Crippen LogP contribution in [-0.2, 0) is 11.8 Å². The Morgan fingerprint density at radius 1 is 1.29 bits per heavy atom. The van der Waals surface area contributed by atoms with Crippen molar-refractivity contribution < 1.29 is 14.3 Å². The highest BCUT2D eigenvalue weighted by Crippen LogP contribution is 2.35. The predicted molar refractivity (Wildman–Crippen MR) is 119 cm³/mol. The molecule has 2 heterocycles. The van der Waals surface area contributed by atoms with E-state index in [1.807, 2.05) is 6.07 Å². The molecule has 0 radical (unpaired) electrons. The molecule has 7 nitrogen and oxygen atoms in total. The molecule has 1 fully saturated rings. The van der Waals surface area contributed by atoms with Crippen LogP contribution in [0.5, 0.6) is 0 Å². The summed E-state index contributed by atoms with van der Waals surface area (Å²) in [4.78, 5) is 30.0. The van der Waals surface area contributed by atoms with Gasteiger partial charge in [-0.1, -0.05) is 36.6 Å². The number of aryl methyl sites for hydroxylation is 1. The van der Waals surface area contributed by atoms with E-state index in [0.717, 1.165) is 18.8 Å². The number of para-hydroxylation sites is 1. The molecule has 162 valence electrons. The molecule has 1 aromatic carbocycles. The largest absolute Gasteiger partial charge is 0.462 e. The van der Waals surface area contributed by atoms with Crippen LogP contribution in [0.25, 0.3) is 22.0 Å². The molecule has 1 saturated carbocycles. The highest BCUT2D eigenvalue weighted by atomic mass is 35.5. The first-order chi connectivity index (χ1) is 15.0. The van der Waals surface area contributed by atoms with Crippen LogP contribution in [0.15, 0.2) is 30.5 Å². The third-order valence-corrected chi connectivity index (χ3v) is 5.94. The number of pyridine rings is 1. The summed E-state index contributed by atoms with van der Waals surface area (Å²) in [6, 6.07) is 6.97. The van der Waals surface area contributed by atoms with E-state index in [4.69, 9.17) is 16.3 Å². The number of hydrogen-bond donors (Lipinski definition) is 1. The Hall–Kier alpha value is -2.93. The van der Waals surface area contributed by atoms with Crippen molar-refractivity contribution in [2.75, 3.05) is 13.2 Å². The quantitative estimate of drug-likeness (QED) is 0.414. The van der Waals surface area contributed by atoms with Gasteiger partial charge in [0, 0.05) is 24.5 Å². The number of carbonyl (C=O) groups excluding carboxylic acids is 2. The van der Waals surface area contributed by atoms with Gasteiger partial charge in [-0.3, -0.25) is 9.48 Å². The van der Waals surface area contributed by atoms with Crippen LogP contribution in [0.4, 0.5) is 0 Å². The summed E-state index contributed by atoms with van der Waals surface area (Å²) in [6.45, 7) is 2.59. The summed E-state index contributed by atoms with van der Waals surface area (Å²) in [5.74, 6) is 0.0607. The van der Waals surface area contributed by atoms with Gasteiger partial charge in [0.1, 0.15) is 10.8 Å². The molecule has 0 atom stereocenters. The Morgan fingerprint density at radius 2 is 2.10 bits per heavy atom. The molecule has 8 heteroatoms. The number of halogens is 1. The molecule has 1 amide bonds. The molecule has 0 bridgehead atoms. The fourth-order valence-electron chi connectivity index (χ4n) is 3.65. The number of rotatable bonds is 8. The lowest BCUT2D eigenvalue weighted by atomic mass is 10.00. The molecule has 1 aliphatic carbocycles. The normalized spacial score (nSPS) is 13.4. The van der Waals surface area contributed by atoms with Crippen molar-refractivity contribution in [3.05, 3.63) is 46.9 Å². The number of ether oxygens (including phenoxy) is 1. The second-order valence-electron chi connectivity index (χ2n) is 7.79. The van der Waals surface area contributed by atoms with Crippen molar-refractivity contribution in [1.29, 1.82) is 0 Å². The maximum atomic E-state index is 12.9. The highest BCUT2D eigenvalue weighted by molar-refractivity contribution is 6.32. The van der Waals surface area contributed by atoms with Gasteiger partial charge in [-0.05, 0) is 43.4 Å². The van der Waals surface area contributed by atoms with Gasteiger partial charge in [-0.15, -0.1) is 0 Å². The lowest BCUT2D eigenvalue weighted by Crippen LogP contribution is -2.25. The summed E-state index contributed by atoms with van der Waals surface area (Å²) < 4.78 is 6.75. The minimum absolute atomic E-state index is 0.227. The number of nitrogens with zero attached hydrogens (tertiary/aromatic N) is 3. The SMILES string of the molecule is CCOC(=O)c1cccc2c(-c3cnn(C)c3Cl)cc(C(=O)NCCCC3CC3)nc12. The zero-order valence-corrected chi connectivity index (χ0v) is 18.4. The Kier molecular flexibility index (Phi) is 6.23. The number of carbonyl (C=O) groups is 2. The third kappa shape index (κ3) is 4.56. The molecule has 1 N–H and O–H groups in total. The number of nitrogens with one attached hydrogen (secondary N) is 1. The second-order valence-corrected chi connectivity index (χ2v) is 8.15. The monoisotopic (exact) mass is 440 g/mol. The molecular formula is C23H25ClN4O3. The topological polar surface area (TPSA) is 86.1 Å². The van der Waals surface area contributed by atoms with Crippen molar-refractivity contribution in [3.8, 4) is 11.1 Å². The summed E-state index contributed by atoms with van der Waals surface area (Å²) in [6.07, 6.45) is 6.32. The minimum Gasteiger partial charge on any atom is -0.462 e. The van der Waals surface area contributed by atoms with E-state index < -0.39 is 5.97 Å². The van der Waals surface area contributed by atoms with Crippen molar-refractivity contribution >= 4 is 34.4 Å². The molecule has 4 rings (SSSR count). The first-order valence-electron chi connectivity index (χ1n) is 10.6. The first kappa shape index (κ1) is 21.3. The second kappa shape index (κ2) is 9.06. The van der Waals surface area contributed by atoms with Gasteiger partial charge >= 0.3 is 5.97 Å². The van der Waals surface area contributed by atoms with Crippen molar-refractivity contribution in [2.45, 2.75) is 32.6 Å². The van der Waals surface area contributed by atoms with Gasteiger partial charge in [0.2, 0.25) is 0 Å². The summed E-state index contributed by atoms with van der Waals surface area (Å²) >= 11 is 6.45. The van der Waals surface area contributed by atoms with E-state index in [2.05, 4.69) is 15.4 Å². The summed E-state index contributed by atoms with van der Waals surface area (Å²) in [5, 5.41) is 8.30. The number of hydrogen-bond acceptors (Lipinski definition) is 5. The van der Waals surface area contributed by atoms with Crippen LogP contribution >= 0.6 is 11.6 Å². The number of benzene rings is 1. The van der Waals surface area contributed by atoms with E-state index in [9.17, 15) is 9.59 Å². The van der Waals surface area contributed by atoms with Crippen LogP contribution < -0.4 is 5.32 Å². The lowest BCUT2D eigenvalue weighted by Gasteiger charge is -2.12. The third-order valence-electron chi connectivity index (χ3n) is 5.50. The van der Waals surface area contributed by atoms with Crippen LogP contribution in [0.1, 0.15) is 53.5 Å². The number of amides is 1. The Morgan fingerprint density at radius 3 is 2.77 bits per heavy atom. The van der Waals surface area contributed by atoms with Gasteiger partial charge in [0.25, 0.3) is 5.91 Å². The predicted octanol–water partition coefficient (Wildman–Crippen LogP) is 4.39. The van der Waals surface area contributed by atoms with Gasteiger partial charge in [-0.25, -0.2) is 9.78 Å². The molecule has 31 heavy (non-hydrogen) atoms. The average molecular weight is 441 g/mol. The maximum Gasteiger partial charge on any atom is 0.340 e. The van der Waals surface area contributed by atoms with E-state index in [0.29, 0.717) is 39.3 Å². The van der Waals surface area contributed by atoms with Crippen molar-refractivity contribution in [2.24, 2.45) is 13.0 Å². The van der Waals surface area contributed by atoms with Gasteiger partial charge < -0.3 is 10.1 Å². The van der Waals surface area contributed by atoms with E-state index in [-0.39, 0.29) is 18.2 Å². The van der Waals surface area contributed by atoms with Gasteiger partial charge in [0.05, 0.1) is 23.9 Å². The highest BCUT2D eigenvalue weighted by Gasteiger charge is 2.22.